The topological polar surface area (TPSA) is 76.4 Å². The number of carbonyl (C=O) groups is 1. The average molecular weight is 209 g/mol. The molecule has 0 saturated carbocycles. The highest BCUT2D eigenvalue weighted by Gasteiger charge is 2.04. The number of amides is 2. The van der Waals surface area contributed by atoms with Crippen LogP contribution in [0, 0.1) is 0 Å². The summed E-state index contributed by atoms with van der Waals surface area (Å²) < 4.78 is 5.14. The van der Waals surface area contributed by atoms with Crippen LogP contribution in [0.2, 0.25) is 0 Å². The predicted molar refractivity (Wildman–Crippen MR) is 58.7 cm³/mol. The number of urea groups is 1. The highest BCUT2D eigenvalue weighted by molar-refractivity contribution is 5.73. The van der Waals surface area contributed by atoms with Gasteiger partial charge in [-0.2, -0.15) is 0 Å². The van der Waals surface area contributed by atoms with E-state index in [1.807, 2.05) is 0 Å². The fraction of sp³-hybridized carbons (Fsp3) is 0.300. The molecule has 0 heterocycles. The maximum absolute atomic E-state index is 11.0. The molecule has 0 aliphatic heterocycles. The Balaban J connectivity index is 2.74. The molecule has 0 spiro atoms. The summed E-state index contributed by atoms with van der Waals surface area (Å²) in [5, 5.41) is 5.13. The van der Waals surface area contributed by atoms with E-state index in [-0.39, 0.29) is 6.03 Å². The first-order valence-corrected chi connectivity index (χ1v) is 4.55. The molecule has 0 aliphatic carbocycles. The van der Waals surface area contributed by atoms with Gasteiger partial charge >= 0.3 is 6.03 Å². The number of benzene rings is 1. The molecule has 82 valence electrons. The van der Waals surface area contributed by atoms with Crippen molar-refractivity contribution in [2.24, 2.45) is 0 Å². The van der Waals surface area contributed by atoms with E-state index in [9.17, 15) is 4.79 Å². The number of nitrogens with two attached hydrogens (primary N) is 1. The van der Waals surface area contributed by atoms with Crippen LogP contribution in [0.3, 0.4) is 0 Å². The second-order valence-electron chi connectivity index (χ2n) is 3.00. The van der Waals surface area contributed by atoms with Crippen molar-refractivity contribution in [3.05, 3.63) is 23.8 Å². The molecule has 0 bridgehead atoms. The third-order valence-corrected chi connectivity index (χ3v) is 1.97. The summed E-state index contributed by atoms with van der Waals surface area (Å²) in [6.07, 6.45) is 0. The summed E-state index contributed by atoms with van der Waals surface area (Å²) in [4.78, 5) is 11.0. The summed E-state index contributed by atoms with van der Waals surface area (Å²) in [7, 11) is 3.14. The number of hydrogen-bond donors (Lipinski definition) is 3. The fourth-order valence-corrected chi connectivity index (χ4v) is 1.20. The van der Waals surface area contributed by atoms with Gasteiger partial charge in [0.25, 0.3) is 0 Å². The summed E-state index contributed by atoms with van der Waals surface area (Å²) in [6.45, 7) is 0.383. The Kier molecular flexibility index (Phi) is 3.79. The molecule has 1 aromatic carbocycles. The van der Waals surface area contributed by atoms with Crippen LogP contribution in [0.15, 0.2) is 18.2 Å². The number of methoxy groups -OCH3 is 1. The van der Waals surface area contributed by atoms with Crippen molar-refractivity contribution in [2.75, 3.05) is 19.9 Å². The Bertz CT molecular complexity index is 353. The molecular formula is C10H15N3O2. The average Bonchev–Trinajstić information content (AvgIpc) is 2.26. The van der Waals surface area contributed by atoms with Gasteiger partial charge in [-0.25, -0.2) is 4.79 Å². The SMILES string of the molecule is CNC(=O)NCc1cc(N)ccc1OC. The van der Waals surface area contributed by atoms with Crippen molar-refractivity contribution in [2.45, 2.75) is 6.54 Å². The highest BCUT2D eigenvalue weighted by atomic mass is 16.5. The second kappa shape index (κ2) is 5.09. The van der Waals surface area contributed by atoms with Crippen molar-refractivity contribution in [1.29, 1.82) is 0 Å². The summed E-state index contributed by atoms with van der Waals surface area (Å²) in [5.41, 5.74) is 7.13. The highest BCUT2D eigenvalue weighted by Crippen LogP contribution is 2.20. The third-order valence-electron chi connectivity index (χ3n) is 1.97. The zero-order chi connectivity index (χ0) is 11.3. The molecule has 0 aromatic heterocycles. The quantitative estimate of drug-likeness (QED) is 0.641. The lowest BCUT2D eigenvalue weighted by molar-refractivity contribution is 0.242. The lowest BCUT2D eigenvalue weighted by atomic mass is 10.2. The molecule has 0 unspecified atom stereocenters. The van der Waals surface area contributed by atoms with Gasteiger partial charge in [-0.05, 0) is 18.2 Å². The van der Waals surface area contributed by atoms with Gasteiger partial charge in [-0.1, -0.05) is 0 Å². The molecule has 0 radical (unpaired) electrons. The van der Waals surface area contributed by atoms with Crippen molar-refractivity contribution >= 4 is 11.7 Å². The van der Waals surface area contributed by atoms with Gasteiger partial charge in [0.15, 0.2) is 0 Å². The van der Waals surface area contributed by atoms with E-state index < -0.39 is 0 Å². The van der Waals surface area contributed by atoms with Crippen LogP contribution in [0.5, 0.6) is 5.75 Å². The Morgan fingerprint density at radius 2 is 2.27 bits per heavy atom. The molecule has 4 N–H and O–H groups in total. The molecule has 5 nitrogen and oxygen atoms in total. The third kappa shape index (κ3) is 3.05. The summed E-state index contributed by atoms with van der Waals surface area (Å²) >= 11 is 0. The number of anilines is 1. The normalized spacial score (nSPS) is 9.47. The first kappa shape index (κ1) is 11.2. The lowest BCUT2D eigenvalue weighted by Gasteiger charge is -2.10. The number of nitrogens with one attached hydrogen (secondary N) is 2. The summed E-state index contributed by atoms with van der Waals surface area (Å²) in [5.74, 6) is 0.709. The number of nitrogen functional groups attached to an aromatic ring is 1. The van der Waals surface area contributed by atoms with Crippen LogP contribution in [0.1, 0.15) is 5.56 Å². The molecule has 0 atom stereocenters. The van der Waals surface area contributed by atoms with Gasteiger partial charge in [0.05, 0.1) is 7.11 Å². The zero-order valence-corrected chi connectivity index (χ0v) is 8.83. The molecule has 2 amide bonds. The minimum absolute atomic E-state index is 0.237. The van der Waals surface area contributed by atoms with Crippen LogP contribution in [-0.2, 0) is 6.54 Å². The minimum atomic E-state index is -0.237. The molecule has 15 heavy (non-hydrogen) atoms. The Hall–Kier alpha value is -1.91. The van der Waals surface area contributed by atoms with Gasteiger partial charge in [-0.15, -0.1) is 0 Å². The molecule has 1 rings (SSSR count). The van der Waals surface area contributed by atoms with E-state index in [2.05, 4.69) is 10.6 Å². The maximum Gasteiger partial charge on any atom is 0.314 e. The molecule has 5 heteroatoms. The number of carbonyl (C=O) groups excluding carboxylic acids is 1. The molecule has 0 saturated heterocycles. The fourth-order valence-electron chi connectivity index (χ4n) is 1.20. The van der Waals surface area contributed by atoms with Crippen LogP contribution < -0.4 is 21.1 Å². The van der Waals surface area contributed by atoms with E-state index in [1.54, 1.807) is 32.4 Å². The van der Waals surface area contributed by atoms with E-state index in [0.29, 0.717) is 18.0 Å². The predicted octanol–water partition coefficient (Wildman–Crippen LogP) is 0.706. The maximum atomic E-state index is 11.0. The van der Waals surface area contributed by atoms with Gasteiger partial charge in [0, 0.05) is 24.8 Å². The van der Waals surface area contributed by atoms with Crippen LogP contribution in [-0.4, -0.2) is 20.2 Å². The first-order chi connectivity index (χ1) is 7.17. The van der Waals surface area contributed by atoms with Crippen molar-refractivity contribution in [3.63, 3.8) is 0 Å². The molecule has 0 fully saturated rings. The van der Waals surface area contributed by atoms with Gasteiger partial charge < -0.3 is 21.1 Å². The monoisotopic (exact) mass is 209 g/mol. The Morgan fingerprint density at radius 1 is 1.53 bits per heavy atom. The Morgan fingerprint density at radius 3 is 2.87 bits per heavy atom. The number of rotatable bonds is 3. The van der Waals surface area contributed by atoms with E-state index >= 15 is 0 Å². The Labute approximate surface area is 88.6 Å². The smallest absolute Gasteiger partial charge is 0.314 e. The van der Waals surface area contributed by atoms with Gasteiger partial charge in [0.2, 0.25) is 0 Å². The van der Waals surface area contributed by atoms with Crippen molar-refractivity contribution in [3.8, 4) is 5.75 Å². The minimum Gasteiger partial charge on any atom is -0.496 e. The second-order valence-corrected chi connectivity index (χ2v) is 3.00. The van der Waals surface area contributed by atoms with E-state index in [0.717, 1.165) is 5.56 Å². The zero-order valence-electron chi connectivity index (χ0n) is 8.83. The van der Waals surface area contributed by atoms with Crippen molar-refractivity contribution in [1.82, 2.24) is 10.6 Å². The first-order valence-electron chi connectivity index (χ1n) is 4.55. The number of ether oxygens (including phenoxy) is 1. The summed E-state index contributed by atoms with van der Waals surface area (Å²) in [6, 6.07) is 5.06. The van der Waals surface area contributed by atoms with Crippen LogP contribution in [0.4, 0.5) is 10.5 Å². The van der Waals surface area contributed by atoms with E-state index in [4.69, 9.17) is 10.5 Å². The lowest BCUT2D eigenvalue weighted by Crippen LogP contribution is -2.32. The van der Waals surface area contributed by atoms with Gasteiger partial charge in [0.1, 0.15) is 5.75 Å². The molecule has 0 aliphatic rings. The largest absolute Gasteiger partial charge is 0.496 e. The van der Waals surface area contributed by atoms with Gasteiger partial charge in [-0.3, -0.25) is 0 Å². The van der Waals surface area contributed by atoms with Crippen molar-refractivity contribution < 1.29 is 9.53 Å². The molecule has 1 aromatic rings. The van der Waals surface area contributed by atoms with E-state index in [1.165, 1.54) is 0 Å². The number of hydrogen-bond acceptors (Lipinski definition) is 3. The standard InChI is InChI=1S/C10H15N3O2/c1-12-10(14)13-6-7-5-8(11)3-4-9(7)15-2/h3-5H,6,11H2,1-2H3,(H2,12,13,14). The van der Waals surface area contributed by atoms with Crippen LogP contribution in [0.25, 0.3) is 0 Å². The van der Waals surface area contributed by atoms with Crippen LogP contribution >= 0.6 is 0 Å². The molecular weight excluding hydrogens is 194 g/mol.